The van der Waals surface area contributed by atoms with Crippen LogP contribution in [0.4, 0.5) is 10.5 Å². The van der Waals surface area contributed by atoms with E-state index in [1.54, 1.807) is 30.5 Å². The normalized spacial score (nSPS) is 19.9. The first kappa shape index (κ1) is 63.1. The summed E-state index contributed by atoms with van der Waals surface area (Å²) in [6, 6.07) is 12.5. The van der Waals surface area contributed by atoms with Crippen molar-refractivity contribution >= 4 is 66.1 Å². The summed E-state index contributed by atoms with van der Waals surface area (Å²) in [6.45, 7) is 4.28. The first-order valence-electron chi connectivity index (χ1n) is 25.7. The van der Waals surface area contributed by atoms with E-state index in [2.05, 4.69) is 10.7 Å². The second-order valence-electron chi connectivity index (χ2n) is 18.3. The van der Waals surface area contributed by atoms with E-state index in [-0.39, 0.29) is 105 Å². The molecule has 2 unspecified atom stereocenters. The minimum Gasteiger partial charge on any atom is -0.497 e. The SMILES string of the molecule is COC(=O)[C@H]1OC(Oc2ccc(COC(=O)N3c4cc(OCCCC(=O)O)c(OC)cc4C(=O)N4C=C(c5ccc(OC)cc5)C[C@H]4C3O)cc2C(=O)NCCOCCOCCONB(C)O)[C@H](OC(C)=O)[C@@H](OC(C)=O)[C@@H]1OC(C)=O. The highest BCUT2D eigenvalue weighted by molar-refractivity contribution is 6.44. The molecule has 1 saturated heterocycles. The predicted molar refractivity (Wildman–Crippen MR) is 281 cm³/mol. The fraction of sp³-hybridized carbons (Fsp3) is 0.472. The van der Waals surface area contributed by atoms with E-state index in [0.717, 1.165) is 32.8 Å². The van der Waals surface area contributed by atoms with Crippen molar-refractivity contribution in [3.63, 3.8) is 0 Å². The van der Waals surface area contributed by atoms with Gasteiger partial charge in [0.15, 0.2) is 36.0 Å². The van der Waals surface area contributed by atoms with E-state index in [0.29, 0.717) is 16.9 Å². The van der Waals surface area contributed by atoms with Crippen molar-refractivity contribution in [3.8, 4) is 23.0 Å². The number of anilines is 1. The first-order valence-corrected chi connectivity index (χ1v) is 25.7. The third-order valence-corrected chi connectivity index (χ3v) is 12.4. The van der Waals surface area contributed by atoms with Gasteiger partial charge < -0.3 is 87.1 Å². The Hall–Kier alpha value is -8.06. The van der Waals surface area contributed by atoms with Crippen LogP contribution in [0.15, 0.2) is 60.8 Å². The molecule has 3 heterocycles. The summed E-state index contributed by atoms with van der Waals surface area (Å²) < 4.78 is 67.1. The Labute approximate surface area is 470 Å². The molecule has 7 atom stereocenters. The molecular formula is C53H65BN4O24. The van der Waals surface area contributed by atoms with Gasteiger partial charge in [0, 0.05) is 46.0 Å². The van der Waals surface area contributed by atoms with E-state index < -0.39 is 104 Å². The minimum atomic E-state index is -1.89. The largest absolute Gasteiger partial charge is 0.497 e. The fourth-order valence-electron chi connectivity index (χ4n) is 8.75. The highest BCUT2D eigenvalue weighted by Gasteiger charge is 2.56. The van der Waals surface area contributed by atoms with Crippen molar-refractivity contribution in [2.24, 2.45) is 0 Å². The molecule has 6 rings (SSSR count). The van der Waals surface area contributed by atoms with Gasteiger partial charge in [0.05, 0.1) is 83.8 Å². The second kappa shape index (κ2) is 30.1. The number of hydrogen-bond donors (Lipinski definition) is 5. The average molecular weight is 1150 g/mol. The number of rotatable bonds is 28. The lowest BCUT2D eigenvalue weighted by atomic mass is 9.92. The number of carbonyl (C=O) groups is 8. The monoisotopic (exact) mass is 1150 g/mol. The maximum Gasteiger partial charge on any atom is 0.416 e. The molecule has 82 heavy (non-hydrogen) atoms. The standard InChI is InChI=1S/C53H65BN4O24/c1-29(59)78-44-45(79-30(2)60)47(80-31(3)61)52(82-46(44)51(67)72-7)81-40-15-10-32(23-37(40)48(64)55-16-18-73-19-20-74-21-22-77-56-54(4)69)28-76-53(68)58-38-26-42(75-17-8-9-43(62)63)41(71-6)25-36(38)49(65)57-27-34(24-39(57)50(58)66)33-11-13-35(70-5)14-12-33/h10-15,23,25-27,39,44-47,50,52,56,66,69H,8-9,16-22,24,28H2,1-7H3,(H,55,64)(H,62,63)/t39-,44-,45-,46-,47+,50?,52?/m0/s1. The second-order valence-corrected chi connectivity index (χ2v) is 18.3. The van der Waals surface area contributed by atoms with Crippen LogP contribution in [0.1, 0.15) is 71.9 Å². The molecule has 5 N–H and O–H groups in total. The van der Waals surface area contributed by atoms with Crippen molar-refractivity contribution < 1.29 is 115 Å². The Balaban J connectivity index is 1.32. The number of aliphatic hydroxyl groups excluding tert-OH is 1. The van der Waals surface area contributed by atoms with E-state index in [4.69, 9.17) is 61.7 Å². The summed E-state index contributed by atoms with van der Waals surface area (Å²) >= 11 is 0. The molecule has 3 amide bonds. The lowest BCUT2D eigenvalue weighted by Gasteiger charge is -2.43. The van der Waals surface area contributed by atoms with Gasteiger partial charge in [0.1, 0.15) is 18.1 Å². The molecule has 0 spiro atoms. The molecule has 0 radical (unpaired) electrons. The lowest BCUT2D eigenvalue weighted by Crippen LogP contribution is -2.64. The number of amides is 3. The number of nitrogens with one attached hydrogen (secondary N) is 2. The average Bonchev–Trinajstić information content (AvgIpc) is 2.53. The van der Waals surface area contributed by atoms with Crippen LogP contribution in [0.5, 0.6) is 23.0 Å². The highest BCUT2D eigenvalue weighted by atomic mass is 16.7. The molecule has 3 aromatic carbocycles. The number of methoxy groups -OCH3 is 3. The maximum absolute atomic E-state index is 14.7. The molecule has 444 valence electrons. The summed E-state index contributed by atoms with van der Waals surface area (Å²) in [5, 5.41) is 35.8. The van der Waals surface area contributed by atoms with E-state index in [9.17, 15) is 53.6 Å². The molecule has 29 heteroatoms. The molecule has 1 fully saturated rings. The summed E-state index contributed by atoms with van der Waals surface area (Å²) in [5.74, 6) is -6.09. The fourth-order valence-corrected chi connectivity index (χ4v) is 8.75. The number of ether oxygens (including phenoxy) is 12. The number of aliphatic carboxylic acids is 1. The van der Waals surface area contributed by atoms with Gasteiger partial charge in [0.2, 0.25) is 12.4 Å². The summed E-state index contributed by atoms with van der Waals surface area (Å²) in [5.41, 5.74) is 0.966. The van der Waals surface area contributed by atoms with Gasteiger partial charge in [-0.25, -0.2) is 19.9 Å². The van der Waals surface area contributed by atoms with Crippen molar-refractivity contribution in [2.75, 3.05) is 72.4 Å². The Morgan fingerprint density at radius 3 is 2.10 bits per heavy atom. The van der Waals surface area contributed by atoms with Gasteiger partial charge in [-0.2, -0.15) is 0 Å². The van der Waals surface area contributed by atoms with E-state index in [1.165, 1.54) is 56.3 Å². The van der Waals surface area contributed by atoms with Crippen molar-refractivity contribution in [1.82, 2.24) is 15.6 Å². The Kier molecular flexibility index (Phi) is 23.2. The van der Waals surface area contributed by atoms with Gasteiger partial charge in [-0.3, -0.25) is 28.8 Å². The van der Waals surface area contributed by atoms with Gasteiger partial charge in [-0.1, -0.05) is 18.2 Å². The number of carbonyl (C=O) groups excluding carboxylic acids is 7. The number of aliphatic hydroxyl groups is 1. The molecule has 3 aromatic rings. The summed E-state index contributed by atoms with van der Waals surface area (Å²) in [4.78, 5) is 113. The van der Waals surface area contributed by atoms with E-state index >= 15 is 0 Å². The summed E-state index contributed by atoms with van der Waals surface area (Å²) in [7, 11) is 2.97. The molecule has 28 nitrogen and oxygen atoms in total. The van der Waals surface area contributed by atoms with Crippen molar-refractivity contribution in [1.29, 1.82) is 0 Å². The molecule has 0 aliphatic carbocycles. The van der Waals surface area contributed by atoms with Crippen LogP contribution < -0.4 is 34.6 Å². The number of carboxylic acid groups (broad SMARTS) is 1. The molecule has 0 aromatic heterocycles. The van der Waals surface area contributed by atoms with Crippen LogP contribution >= 0.6 is 0 Å². The van der Waals surface area contributed by atoms with Crippen LogP contribution in [0.2, 0.25) is 6.82 Å². The zero-order valence-corrected chi connectivity index (χ0v) is 46.0. The van der Waals surface area contributed by atoms with E-state index in [1.807, 2.05) is 0 Å². The Bertz CT molecular complexity index is 2800. The number of esters is 4. The number of hydrogen-bond acceptors (Lipinski definition) is 24. The van der Waals surface area contributed by atoms with Crippen LogP contribution in [-0.2, 0) is 73.3 Å². The van der Waals surface area contributed by atoms with Crippen LogP contribution in [0.25, 0.3) is 5.57 Å². The van der Waals surface area contributed by atoms with Crippen LogP contribution in [0, 0.1) is 0 Å². The first-order chi connectivity index (χ1) is 39.2. The van der Waals surface area contributed by atoms with Crippen LogP contribution in [-0.4, -0.2) is 185 Å². The quantitative estimate of drug-likeness (QED) is 0.0229. The molecule has 3 aliphatic heterocycles. The predicted octanol–water partition coefficient (Wildman–Crippen LogP) is 2.14. The topological polar surface area (TPSA) is 348 Å². The van der Waals surface area contributed by atoms with Gasteiger partial charge in [0.25, 0.3) is 11.8 Å². The third-order valence-electron chi connectivity index (χ3n) is 12.4. The molecule has 0 bridgehead atoms. The lowest BCUT2D eigenvalue weighted by molar-refractivity contribution is -0.282. The maximum atomic E-state index is 14.7. The summed E-state index contributed by atoms with van der Waals surface area (Å²) in [6.07, 6.45) is -10.4. The molecule has 3 aliphatic rings. The third kappa shape index (κ3) is 16.8. The number of carboxylic acids is 1. The number of benzene rings is 3. The van der Waals surface area contributed by atoms with Crippen LogP contribution in [0.3, 0.4) is 0 Å². The van der Waals surface area contributed by atoms with Crippen molar-refractivity contribution in [3.05, 3.63) is 83.1 Å². The smallest absolute Gasteiger partial charge is 0.416 e. The van der Waals surface area contributed by atoms with Crippen molar-refractivity contribution in [2.45, 2.75) is 96.4 Å². The number of fused-ring (bicyclic) bond motifs is 2. The van der Waals surface area contributed by atoms with Gasteiger partial charge in [-0.15, -0.1) is 0 Å². The zero-order valence-electron chi connectivity index (χ0n) is 46.0. The Morgan fingerprint density at radius 1 is 0.780 bits per heavy atom. The molecule has 0 saturated carbocycles. The zero-order chi connectivity index (χ0) is 59.6. The number of nitrogens with zero attached hydrogens (tertiary/aromatic N) is 2. The minimum absolute atomic E-state index is 0.00991. The van der Waals surface area contributed by atoms with Gasteiger partial charge >= 0.3 is 43.0 Å². The highest BCUT2D eigenvalue weighted by Crippen LogP contribution is 2.44. The Morgan fingerprint density at radius 2 is 1.45 bits per heavy atom. The van der Waals surface area contributed by atoms with Gasteiger partial charge in [-0.05, 0) is 66.7 Å². The molecular weight excluding hydrogens is 1090 g/mol.